The summed E-state index contributed by atoms with van der Waals surface area (Å²) in [5.74, 6) is -1.46. The van der Waals surface area contributed by atoms with Crippen LogP contribution in [0.4, 0.5) is 5.69 Å². The van der Waals surface area contributed by atoms with Gasteiger partial charge in [0.25, 0.3) is 0 Å². The Morgan fingerprint density at radius 1 is 1.37 bits per heavy atom. The standard InChI is InChI=1S/C14H17NO4/c1-10-7-11(9-19-10)14(18)15(8-13(16)17)12-5-3-2-4-6-12/h2-6,10-11H,7-9H2,1H3,(H,16,17). The van der Waals surface area contributed by atoms with E-state index in [9.17, 15) is 9.59 Å². The van der Waals surface area contributed by atoms with E-state index in [0.717, 1.165) is 0 Å². The summed E-state index contributed by atoms with van der Waals surface area (Å²) in [5, 5.41) is 8.96. The van der Waals surface area contributed by atoms with E-state index >= 15 is 0 Å². The summed E-state index contributed by atoms with van der Waals surface area (Å²) in [4.78, 5) is 24.7. The van der Waals surface area contributed by atoms with Gasteiger partial charge in [0, 0.05) is 5.69 Å². The SMILES string of the molecule is CC1CC(C(=O)N(CC(=O)O)c2ccccc2)CO1. The van der Waals surface area contributed by atoms with Crippen molar-refractivity contribution in [3.63, 3.8) is 0 Å². The van der Waals surface area contributed by atoms with Gasteiger partial charge >= 0.3 is 5.97 Å². The lowest BCUT2D eigenvalue weighted by Crippen LogP contribution is -2.40. The minimum absolute atomic E-state index is 0.0522. The molecule has 1 aromatic carbocycles. The number of carbonyl (C=O) groups is 2. The van der Waals surface area contributed by atoms with Crippen molar-refractivity contribution in [3.05, 3.63) is 30.3 Å². The van der Waals surface area contributed by atoms with Gasteiger partial charge in [-0.2, -0.15) is 0 Å². The molecule has 5 nitrogen and oxygen atoms in total. The number of carboxylic acids is 1. The van der Waals surface area contributed by atoms with Crippen LogP contribution in [0.3, 0.4) is 0 Å². The molecule has 5 heteroatoms. The zero-order valence-electron chi connectivity index (χ0n) is 10.8. The van der Waals surface area contributed by atoms with Gasteiger partial charge in [-0.15, -0.1) is 0 Å². The lowest BCUT2D eigenvalue weighted by molar-refractivity contribution is -0.137. The lowest BCUT2D eigenvalue weighted by Gasteiger charge is -2.23. The van der Waals surface area contributed by atoms with Crippen molar-refractivity contribution >= 4 is 17.6 Å². The van der Waals surface area contributed by atoms with Gasteiger partial charge in [-0.05, 0) is 25.5 Å². The van der Waals surface area contributed by atoms with Crippen molar-refractivity contribution < 1.29 is 19.4 Å². The third-order valence-corrected chi connectivity index (χ3v) is 3.17. The summed E-state index contributed by atoms with van der Waals surface area (Å²) < 4.78 is 5.38. The van der Waals surface area contributed by atoms with Gasteiger partial charge in [-0.25, -0.2) is 0 Å². The number of anilines is 1. The van der Waals surface area contributed by atoms with Crippen LogP contribution in [0, 0.1) is 5.92 Å². The first-order valence-electron chi connectivity index (χ1n) is 6.27. The number of carbonyl (C=O) groups excluding carboxylic acids is 1. The molecule has 0 aliphatic carbocycles. The molecule has 1 heterocycles. The van der Waals surface area contributed by atoms with E-state index in [1.807, 2.05) is 13.0 Å². The van der Waals surface area contributed by atoms with Gasteiger partial charge in [-0.1, -0.05) is 18.2 Å². The molecular weight excluding hydrogens is 246 g/mol. The molecule has 0 radical (unpaired) electrons. The van der Waals surface area contributed by atoms with Crippen molar-refractivity contribution in [2.24, 2.45) is 5.92 Å². The highest BCUT2D eigenvalue weighted by molar-refractivity contribution is 5.98. The largest absolute Gasteiger partial charge is 0.480 e. The molecule has 1 saturated heterocycles. The quantitative estimate of drug-likeness (QED) is 0.894. The number of nitrogens with zero attached hydrogens (tertiary/aromatic N) is 1. The van der Waals surface area contributed by atoms with Crippen LogP contribution in [-0.4, -0.2) is 36.2 Å². The summed E-state index contributed by atoms with van der Waals surface area (Å²) in [6.07, 6.45) is 0.693. The van der Waals surface area contributed by atoms with Crippen LogP contribution in [0.5, 0.6) is 0 Å². The minimum atomic E-state index is -1.02. The number of benzene rings is 1. The number of hydrogen-bond acceptors (Lipinski definition) is 3. The molecule has 1 fully saturated rings. The van der Waals surface area contributed by atoms with E-state index in [1.54, 1.807) is 24.3 Å². The van der Waals surface area contributed by atoms with Crippen LogP contribution in [0.2, 0.25) is 0 Å². The van der Waals surface area contributed by atoms with Gasteiger partial charge in [-0.3, -0.25) is 9.59 Å². The molecular formula is C14H17NO4. The number of ether oxygens (including phenoxy) is 1. The topological polar surface area (TPSA) is 66.8 Å². The van der Waals surface area contributed by atoms with Gasteiger partial charge in [0.2, 0.25) is 5.91 Å². The molecule has 0 bridgehead atoms. The van der Waals surface area contributed by atoms with E-state index in [-0.39, 0.29) is 24.5 Å². The fourth-order valence-corrected chi connectivity index (χ4v) is 2.25. The van der Waals surface area contributed by atoms with Gasteiger partial charge < -0.3 is 14.7 Å². The smallest absolute Gasteiger partial charge is 0.323 e. The fraction of sp³-hybridized carbons (Fsp3) is 0.429. The fourth-order valence-electron chi connectivity index (χ4n) is 2.25. The summed E-state index contributed by atoms with van der Waals surface area (Å²) in [6, 6.07) is 8.87. The molecule has 0 spiro atoms. The molecule has 2 unspecified atom stereocenters. The number of para-hydroxylation sites is 1. The van der Waals surface area contributed by atoms with Crippen LogP contribution < -0.4 is 4.90 Å². The number of carboxylic acid groups (broad SMARTS) is 1. The van der Waals surface area contributed by atoms with Crippen LogP contribution in [0.25, 0.3) is 0 Å². The third-order valence-electron chi connectivity index (χ3n) is 3.17. The maximum absolute atomic E-state index is 12.4. The summed E-state index contributed by atoms with van der Waals surface area (Å²) in [6.45, 7) is 1.95. The highest BCUT2D eigenvalue weighted by Gasteiger charge is 2.32. The molecule has 1 N–H and O–H groups in total. The van der Waals surface area contributed by atoms with Crippen molar-refractivity contribution in [2.45, 2.75) is 19.4 Å². The summed E-state index contributed by atoms with van der Waals surface area (Å²) in [7, 11) is 0. The van der Waals surface area contributed by atoms with Crippen LogP contribution in [-0.2, 0) is 14.3 Å². The summed E-state index contributed by atoms with van der Waals surface area (Å²) in [5.41, 5.74) is 0.606. The summed E-state index contributed by atoms with van der Waals surface area (Å²) >= 11 is 0. The Balaban J connectivity index is 2.18. The van der Waals surface area contributed by atoms with Crippen molar-refractivity contribution in [1.82, 2.24) is 0 Å². The normalized spacial score (nSPS) is 22.2. The Bertz CT molecular complexity index is 460. The molecule has 1 aliphatic heterocycles. The van der Waals surface area contributed by atoms with E-state index in [1.165, 1.54) is 4.90 Å². The van der Waals surface area contributed by atoms with Crippen LogP contribution >= 0.6 is 0 Å². The average Bonchev–Trinajstić information content (AvgIpc) is 2.83. The van der Waals surface area contributed by atoms with Crippen LogP contribution in [0.15, 0.2) is 30.3 Å². The van der Waals surface area contributed by atoms with Crippen molar-refractivity contribution in [2.75, 3.05) is 18.1 Å². The van der Waals surface area contributed by atoms with E-state index in [2.05, 4.69) is 0 Å². The molecule has 102 valence electrons. The second kappa shape index (κ2) is 5.84. The first-order chi connectivity index (χ1) is 9.08. The molecule has 1 aliphatic rings. The van der Waals surface area contributed by atoms with E-state index < -0.39 is 5.97 Å². The average molecular weight is 263 g/mol. The number of aliphatic carboxylic acids is 1. The monoisotopic (exact) mass is 263 g/mol. The Morgan fingerprint density at radius 2 is 2.05 bits per heavy atom. The Morgan fingerprint density at radius 3 is 2.58 bits per heavy atom. The van der Waals surface area contributed by atoms with Gasteiger partial charge in [0.15, 0.2) is 0 Å². The van der Waals surface area contributed by atoms with Crippen molar-refractivity contribution in [3.8, 4) is 0 Å². The highest BCUT2D eigenvalue weighted by Crippen LogP contribution is 2.24. The third kappa shape index (κ3) is 3.32. The van der Waals surface area contributed by atoms with Gasteiger partial charge in [0.05, 0.1) is 18.6 Å². The van der Waals surface area contributed by atoms with Gasteiger partial charge in [0.1, 0.15) is 6.54 Å². The van der Waals surface area contributed by atoms with Crippen molar-refractivity contribution in [1.29, 1.82) is 0 Å². The number of rotatable bonds is 4. The maximum Gasteiger partial charge on any atom is 0.323 e. The lowest BCUT2D eigenvalue weighted by atomic mass is 10.0. The zero-order valence-corrected chi connectivity index (χ0v) is 10.8. The Labute approximate surface area is 111 Å². The predicted octanol–water partition coefficient (Wildman–Crippen LogP) is 1.53. The second-order valence-corrected chi connectivity index (χ2v) is 4.73. The maximum atomic E-state index is 12.4. The Kier molecular flexibility index (Phi) is 4.16. The van der Waals surface area contributed by atoms with Crippen LogP contribution in [0.1, 0.15) is 13.3 Å². The first-order valence-corrected chi connectivity index (χ1v) is 6.27. The molecule has 2 atom stereocenters. The second-order valence-electron chi connectivity index (χ2n) is 4.73. The van der Waals surface area contributed by atoms with E-state index in [0.29, 0.717) is 18.7 Å². The number of hydrogen-bond donors (Lipinski definition) is 1. The molecule has 2 rings (SSSR count). The number of amides is 1. The van der Waals surface area contributed by atoms with E-state index in [4.69, 9.17) is 9.84 Å². The molecule has 1 aromatic rings. The molecule has 0 aromatic heterocycles. The Hall–Kier alpha value is -1.88. The highest BCUT2D eigenvalue weighted by atomic mass is 16.5. The molecule has 0 saturated carbocycles. The first kappa shape index (κ1) is 13.5. The molecule has 1 amide bonds. The molecule has 19 heavy (non-hydrogen) atoms. The zero-order chi connectivity index (χ0) is 13.8. The predicted molar refractivity (Wildman–Crippen MR) is 70.0 cm³/mol. The minimum Gasteiger partial charge on any atom is -0.480 e.